The van der Waals surface area contributed by atoms with Crippen LogP contribution >= 0.6 is 0 Å². The number of alkyl halides is 3. The van der Waals surface area contributed by atoms with Crippen molar-refractivity contribution in [2.24, 2.45) is 0 Å². The molecule has 1 aromatic carbocycles. The Morgan fingerprint density at radius 2 is 1.95 bits per heavy atom. The Morgan fingerprint density at radius 3 is 2.38 bits per heavy atom. The van der Waals surface area contributed by atoms with E-state index in [0.717, 1.165) is 7.11 Å². The topological polar surface area (TPSA) is 78.7 Å². The second-order valence-corrected chi connectivity index (χ2v) is 3.85. The first kappa shape index (κ1) is 16.7. The lowest BCUT2D eigenvalue weighted by molar-refractivity contribution is -0.386. The predicted molar refractivity (Wildman–Crippen MR) is 60.5 cm³/mol. The summed E-state index contributed by atoms with van der Waals surface area (Å²) in [7, 11) is 0.919. The van der Waals surface area contributed by atoms with E-state index in [0.29, 0.717) is 19.1 Å². The molecule has 0 aliphatic rings. The molecule has 21 heavy (non-hydrogen) atoms. The summed E-state index contributed by atoms with van der Waals surface area (Å²) in [5.74, 6) is -3.39. The first-order chi connectivity index (χ1) is 9.57. The molecule has 1 rings (SSSR count). The van der Waals surface area contributed by atoms with Crippen LogP contribution in [0.25, 0.3) is 0 Å². The molecule has 1 atom stereocenters. The Kier molecular flexibility index (Phi) is 4.71. The summed E-state index contributed by atoms with van der Waals surface area (Å²) >= 11 is 0. The van der Waals surface area contributed by atoms with Gasteiger partial charge in [-0.05, 0) is 6.92 Å². The van der Waals surface area contributed by atoms with Crippen molar-refractivity contribution < 1.29 is 36.8 Å². The molecule has 6 nitrogen and oxygen atoms in total. The van der Waals surface area contributed by atoms with Gasteiger partial charge in [-0.1, -0.05) is 0 Å². The number of hydrogen-bond acceptors (Lipinski definition) is 5. The van der Waals surface area contributed by atoms with Crippen LogP contribution in [-0.4, -0.2) is 30.3 Å². The number of halogens is 4. The summed E-state index contributed by atoms with van der Waals surface area (Å²) in [5.41, 5.74) is -1.80. The van der Waals surface area contributed by atoms with Gasteiger partial charge in [0.25, 0.3) is 0 Å². The highest BCUT2D eigenvalue weighted by Gasteiger charge is 2.39. The van der Waals surface area contributed by atoms with Crippen LogP contribution in [0.1, 0.15) is 17.3 Å². The van der Waals surface area contributed by atoms with E-state index < -0.39 is 46.0 Å². The summed E-state index contributed by atoms with van der Waals surface area (Å²) < 4.78 is 59.4. The predicted octanol–water partition coefficient (Wildman–Crippen LogP) is 2.85. The monoisotopic (exact) mass is 311 g/mol. The summed E-state index contributed by atoms with van der Waals surface area (Å²) in [4.78, 5) is 20.8. The van der Waals surface area contributed by atoms with E-state index in [4.69, 9.17) is 0 Å². The van der Waals surface area contributed by atoms with Crippen LogP contribution < -0.4 is 4.74 Å². The molecule has 0 fully saturated rings. The molecule has 0 amide bonds. The first-order valence-electron chi connectivity index (χ1n) is 5.37. The van der Waals surface area contributed by atoms with E-state index in [2.05, 4.69) is 9.47 Å². The molecule has 0 spiro atoms. The van der Waals surface area contributed by atoms with Crippen molar-refractivity contribution >= 4 is 11.7 Å². The number of carbonyl (C=O) groups is 1. The lowest BCUT2D eigenvalue weighted by atomic mass is 10.1. The minimum atomic E-state index is -4.78. The second-order valence-electron chi connectivity index (χ2n) is 3.85. The van der Waals surface area contributed by atoms with Crippen LogP contribution in [-0.2, 0) is 4.74 Å². The fourth-order valence-electron chi connectivity index (χ4n) is 1.30. The van der Waals surface area contributed by atoms with Crippen molar-refractivity contribution in [1.82, 2.24) is 0 Å². The van der Waals surface area contributed by atoms with E-state index in [9.17, 15) is 32.5 Å². The van der Waals surface area contributed by atoms with Gasteiger partial charge in [0.15, 0.2) is 11.9 Å². The molecule has 0 bridgehead atoms. The zero-order valence-electron chi connectivity index (χ0n) is 10.7. The number of carbonyl (C=O) groups excluding carboxylic acids is 1. The van der Waals surface area contributed by atoms with Crippen LogP contribution in [0.4, 0.5) is 23.2 Å². The number of nitrogens with zero attached hydrogens (tertiary/aromatic N) is 1. The Labute approximate surface area is 115 Å². The minimum absolute atomic E-state index is 0.296. The van der Waals surface area contributed by atoms with E-state index in [1.165, 1.54) is 0 Å². The molecule has 0 N–H and O–H groups in total. The van der Waals surface area contributed by atoms with Crippen molar-refractivity contribution in [2.45, 2.75) is 19.2 Å². The number of ether oxygens (including phenoxy) is 2. The molecule has 1 aromatic rings. The molecule has 0 aliphatic heterocycles. The zero-order chi connectivity index (χ0) is 16.4. The maximum absolute atomic E-state index is 13.5. The van der Waals surface area contributed by atoms with Crippen LogP contribution in [0.15, 0.2) is 12.1 Å². The number of hydrogen-bond donors (Lipinski definition) is 0. The average molecular weight is 311 g/mol. The van der Waals surface area contributed by atoms with Crippen molar-refractivity contribution in [3.63, 3.8) is 0 Å². The Bertz CT molecular complexity index is 572. The Hall–Kier alpha value is -2.39. The van der Waals surface area contributed by atoms with Crippen LogP contribution in [0.3, 0.4) is 0 Å². The van der Waals surface area contributed by atoms with Crippen molar-refractivity contribution in [3.05, 3.63) is 33.6 Å². The molecular formula is C11H9F4NO5. The second kappa shape index (κ2) is 5.94. The van der Waals surface area contributed by atoms with Crippen molar-refractivity contribution in [3.8, 4) is 5.75 Å². The SMILES string of the molecule is COC(=O)c1cc(OC(C)C(F)(F)F)c([N+](=O)[O-])cc1F. The molecular weight excluding hydrogens is 302 g/mol. The lowest BCUT2D eigenvalue weighted by Gasteiger charge is -2.18. The third-order valence-electron chi connectivity index (χ3n) is 2.42. The van der Waals surface area contributed by atoms with Gasteiger partial charge in [0.1, 0.15) is 5.82 Å². The maximum Gasteiger partial charge on any atom is 0.425 e. The smallest absolute Gasteiger partial charge is 0.425 e. The van der Waals surface area contributed by atoms with Crippen molar-refractivity contribution in [1.29, 1.82) is 0 Å². The molecule has 0 aliphatic carbocycles. The summed E-state index contributed by atoms with van der Waals surface area (Å²) in [6.07, 6.45) is -7.17. The number of benzene rings is 1. The number of nitro benzene ring substituents is 1. The van der Waals surface area contributed by atoms with Gasteiger partial charge in [-0.15, -0.1) is 0 Å². The van der Waals surface area contributed by atoms with Gasteiger partial charge in [-0.25, -0.2) is 9.18 Å². The van der Waals surface area contributed by atoms with E-state index in [-0.39, 0.29) is 0 Å². The highest BCUT2D eigenvalue weighted by molar-refractivity contribution is 5.90. The van der Waals surface area contributed by atoms with E-state index >= 15 is 0 Å². The quantitative estimate of drug-likeness (QED) is 0.370. The Balaban J connectivity index is 3.33. The van der Waals surface area contributed by atoms with Gasteiger partial charge in [0, 0.05) is 6.07 Å². The van der Waals surface area contributed by atoms with Gasteiger partial charge in [0.05, 0.1) is 23.7 Å². The van der Waals surface area contributed by atoms with Crippen LogP contribution in [0, 0.1) is 15.9 Å². The molecule has 0 saturated carbocycles. The normalized spacial score (nSPS) is 12.7. The highest BCUT2D eigenvalue weighted by atomic mass is 19.4. The third kappa shape index (κ3) is 3.80. The average Bonchev–Trinajstić information content (AvgIpc) is 2.37. The van der Waals surface area contributed by atoms with Crippen molar-refractivity contribution in [2.75, 3.05) is 7.11 Å². The van der Waals surface area contributed by atoms with E-state index in [1.54, 1.807) is 0 Å². The Morgan fingerprint density at radius 1 is 1.38 bits per heavy atom. The van der Waals surface area contributed by atoms with Gasteiger partial charge in [-0.3, -0.25) is 10.1 Å². The minimum Gasteiger partial charge on any atom is -0.474 e. The third-order valence-corrected chi connectivity index (χ3v) is 2.42. The highest BCUT2D eigenvalue weighted by Crippen LogP contribution is 2.33. The van der Waals surface area contributed by atoms with Crippen LogP contribution in [0.2, 0.25) is 0 Å². The molecule has 0 saturated heterocycles. The molecule has 116 valence electrons. The number of nitro groups is 1. The first-order valence-corrected chi connectivity index (χ1v) is 5.37. The molecule has 0 heterocycles. The molecule has 0 aromatic heterocycles. The zero-order valence-corrected chi connectivity index (χ0v) is 10.7. The number of methoxy groups -OCH3 is 1. The number of rotatable bonds is 4. The van der Waals surface area contributed by atoms with Gasteiger partial charge < -0.3 is 9.47 Å². The van der Waals surface area contributed by atoms with Gasteiger partial charge in [0.2, 0.25) is 0 Å². The summed E-state index contributed by atoms with van der Waals surface area (Å²) in [6, 6.07) is 0.798. The molecule has 0 radical (unpaired) electrons. The largest absolute Gasteiger partial charge is 0.474 e. The summed E-state index contributed by atoms with van der Waals surface area (Å²) in [6.45, 7) is 0.616. The summed E-state index contributed by atoms with van der Waals surface area (Å²) in [5, 5.41) is 10.7. The van der Waals surface area contributed by atoms with Gasteiger partial charge >= 0.3 is 17.8 Å². The molecule has 10 heteroatoms. The maximum atomic E-state index is 13.5. The van der Waals surface area contributed by atoms with E-state index in [1.807, 2.05) is 0 Å². The fourth-order valence-corrected chi connectivity index (χ4v) is 1.30. The number of esters is 1. The standard InChI is InChI=1S/C11H9F4NO5/c1-5(11(13,14)15)21-9-3-6(10(17)20-2)7(12)4-8(9)16(18)19/h3-5H,1-2H3. The lowest BCUT2D eigenvalue weighted by Crippen LogP contribution is -2.31. The van der Waals surface area contributed by atoms with Crippen LogP contribution in [0.5, 0.6) is 5.75 Å². The fraction of sp³-hybridized carbons (Fsp3) is 0.364. The van der Waals surface area contributed by atoms with Gasteiger partial charge in [-0.2, -0.15) is 13.2 Å². The molecule has 1 unspecified atom stereocenters.